The number of hydrogen-bond donors (Lipinski definition) is 0. The van der Waals surface area contributed by atoms with E-state index < -0.39 is 0 Å². The van der Waals surface area contributed by atoms with E-state index in [9.17, 15) is 0 Å². The monoisotopic (exact) mass is 1320 g/mol. The molecule has 0 spiro atoms. The van der Waals surface area contributed by atoms with Gasteiger partial charge in [0.25, 0.3) is 0 Å². The number of fused-ring (bicyclic) bond motifs is 6. The standard InChI is InChI=1S/C47H33N5.C47H32N4/c1-2-39-26-24-32-25-27-40-41(31-14-6-3-7-15-31)30-42(49-44(40)43(32)48-39)37-22-12-20-35(28-37)36-21-13-23-38(29-36)47-51-45(33-16-8-4-9-17-33)50-46(52-47)34-18-10-5-11-19-34;1-31-23-24-35-25-26-40-41(32-13-5-2-6-14-32)29-42(49-46(40)45(35)48-31)38-21-11-19-36(27-38)37-20-12-22-39(28-37)47-50-43(33-15-7-3-8-16-33)30-44(51-47)34-17-9-4-10-18-34/h3-30H,2H2,1H3;2-30H,1H3. The number of benzene rings is 12. The quantitative estimate of drug-likeness (QED) is 0.104. The first-order chi connectivity index (χ1) is 50.9. The van der Waals surface area contributed by atoms with Crippen LogP contribution in [0.1, 0.15) is 18.3 Å². The number of nitrogens with zero attached hydrogens (tertiary/aromatic N) is 9. The van der Waals surface area contributed by atoms with Gasteiger partial charge in [-0.3, -0.25) is 9.97 Å². The van der Waals surface area contributed by atoms with Gasteiger partial charge in [-0.2, -0.15) is 0 Å². The van der Waals surface area contributed by atoms with E-state index in [1.165, 1.54) is 0 Å². The van der Waals surface area contributed by atoms with Crippen molar-refractivity contribution >= 4 is 43.6 Å². The molecule has 6 aromatic heterocycles. The Balaban J connectivity index is 0.000000153. The molecule has 12 aromatic carbocycles. The lowest BCUT2D eigenvalue weighted by atomic mass is 9.95. The molecule has 486 valence electrons. The van der Waals surface area contributed by atoms with E-state index in [4.69, 9.17) is 44.9 Å². The van der Waals surface area contributed by atoms with Crippen molar-refractivity contribution in [1.82, 2.24) is 44.9 Å². The summed E-state index contributed by atoms with van der Waals surface area (Å²) in [4.78, 5) is 45.6. The van der Waals surface area contributed by atoms with Crippen LogP contribution >= 0.6 is 0 Å². The molecule has 0 N–H and O–H groups in total. The molecule has 0 amide bonds. The van der Waals surface area contributed by atoms with Crippen molar-refractivity contribution < 1.29 is 0 Å². The lowest BCUT2D eigenvalue weighted by Crippen LogP contribution is -2.00. The van der Waals surface area contributed by atoms with Gasteiger partial charge in [-0.1, -0.05) is 298 Å². The number of hydrogen-bond acceptors (Lipinski definition) is 9. The molecular formula is C94H65N9. The molecule has 9 heteroatoms. The van der Waals surface area contributed by atoms with Crippen LogP contribution in [0, 0.1) is 6.92 Å². The van der Waals surface area contributed by atoms with Crippen molar-refractivity contribution in [3.63, 3.8) is 0 Å². The second-order valence-electron chi connectivity index (χ2n) is 25.6. The summed E-state index contributed by atoms with van der Waals surface area (Å²) < 4.78 is 0. The first-order valence-electron chi connectivity index (χ1n) is 34.7. The molecule has 0 fully saturated rings. The molecule has 0 aliphatic heterocycles. The first kappa shape index (κ1) is 62.9. The second kappa shape index (κ2) is 27.9. The van der Waals surface area contributed by atoms with Crippen molar-refractivity contribution in [3.05, 3.63) is 357 Å². The second-order valence-corrected chi connectivity index (χ2v) is 25.6. The maximum Gasteiger partial charge on any atom is 0.164 e. The summed E-state index contributed by atoms with van der Waals surface area (Å²) in [5.74, 6) is 2.59. The van der Waals surface area contributed by atoms with Gasteiger partial charge in [-0.05, 0) is 112 Å². The van der Waals surface area contributed by atoms with Gasteiger partial charge in [0.1, 0.15) is 0 Å². The molecule has 0 radical (unpaired) electrons. The van der Waals surface area contributed by atoms with Crippen molar-refractivity contribution in [2.24, 2.45) is 0 Å². The molecule has 0 aliphatic carbocycles. The molecule has 9 nitrogen and oxygen atoms in total. The summed E-state index contributed by atoms with van der Waals surface area (Å²) >= 11 is 0. The predicted molar refractivity (Wildman–Crippen MR) is 422 cm³/mol. The van der Waals surface area contributed by atoms with Crippen molar-refractivity contribution in [3.8, 4) is 135 Å². The van der Waals surface area contributed by atoms with Crippen LogP contribution in [0.5, 0.6) is 0 Å². The topological polar surface area (TPSA) is 116 Å². The van der Waals surface area contributed by atoms with Crippen molar-refractivity contribution in [2.75, 3.05) is 0 Å². The minimum Gasteiger partial charge on any atom is -0.251 e. The Labute approximate surface area is 597 Å². The van der Waals surface area contributed by atoms with Crippen LogP contribution in [0.3, 0.4) is 0 Å². The van der Waals surface area contributed by atoms with Crippen LogP contribution in [0.2, 0.25) is 0 Å². The molecule has 0 aliphatic rings. The van der Waals surface area contributed by atoms with E-state index in [1.807, 2.05) is 104 Å². The van der Waals surface area contributed by atoms with Gasteiger partial charge in [0.05, 0.1) is 44.8 Å². The Morgan fingerprint density at radius 1 is 0.204 bits per heavy atom. The fourth-order valence-corrected chi connectivity index (χ4v) is 13.5. The molecule has 0 bridgehead atoms. The minimum absolute atomic E-state index is 0.625. The highest BCUT2D eigenvalue weighted by Gasteiger charge is 2.19. The predicted octanol–water partition coefficient (Wildman–Crippen LogP) is 23.4. The zero-order valence-corrected chi connectivity index (χ0v) is 56.6. The van der Waals surface area contributed by atoms with Gasteiger partial charge in [0.2, 0.25) is 0 Å². The fourth-order valence-electron chi connectivity index (χ4n) is 13.5. The zero-order valence-electron chi connectivity index (χ0n) is 56.6. The molecule has 0 saturated heterocycles. The van der Waals surface area contributed by atoms with Crippen LogP contribution in [0.25, 0.3) is 179 Å². The smallest absolute Gasteiger partial charge is 0.164 e. The Kier molecular flexibility index (Phi) is 17.1. The van der Waals surface area contributed by atoms with E-state index in [2.05, 4.69) is 256 Å². The average molecular weight is 1320 g/mol. The largest absolute Gasteiger partial charge is 0.251 e. The van der Waals surface area contributed by atoms with Gasteiger partial charge in [0, 0.05) is 77.4 Å². The first-order valence-corrected chi connectivity index (χ1v) is 34.7. The summed E-state index contributed by atoms with van der Waals surface area (Å²) in [6.07, 6.45) is 0.865. The van der Waals surface area contributed by atoms with Gasteiger partial charge < -0.3 is 0 Å². The molecule has 18 aromatic rings. The third-order valence-corrected chi connectivity index (χ3v) is 18.8. The van der Waals surface area contributed by atoms with Crippen LogP contribution < -0.4 is 0 Å². The maximum absolute atomic E-state index is 5.32. The number of rotatable bonds is 13. The van der Waals surface area contributed by atoms with E-state index in [0.717, 1.165) is 173 Å². The minimum atomic E-state index is 0.625. The highest BCUT2D eigenvalue weighted by Crippen LogP contribution is 2.40. The van der Waals surface area contributed by atoms with Gasteiger partial charge in [0.15, 0.2) is 23.3 Å². The molecule has 0 unspecified atom stereocenters. The Hall–Kier alpha value is -13.6. The highest BCUT2D eigenvalue weighted by atomic mass is 15.0. The third-order valence-electron chi connectivity index (χ3n) is 18.8. The lowest BCUT2D eigenvalue weighted by Gasteiger charge is -2.13. The summed E-state index contributed by atoms with van der Waals surface area (Å²) in [5.41, 5.74) is 26.1. The third kappa shape index (κ3) is 13.1. The van der Waals surface area contributed by atoms with Crippen molar-refractivity contribution in [1.29, 1.82) is 0 Å². The number of aryl methyl sites for hydroxylation is 2. The highest BCUT2D eigenvalue weighted by molar-refractivity contribution is 6.11. The molecule has 0 saturated carbocycles. The normalized spacial score (nSPS) is 11.2. The van der Waals surface area contributed by atoms with E-state index in [-0.39, 0.29) is 0 Å². The van der Waals surface area contributed by atoms with Crippen LogP contribution in [0.4, 0.5) is 0 Å². The van der Waals surface area contributed by atoms with Crippen molar-refractivity contribution in [2.45, 2.75) is 20.3 Å². The van der Waals surface area contributed by atoms with Crippen LogP contribution in [-0.2, 0) is 6.42 Å². The molecule has 0 atom stereocenters. The molecule has 6 heterocycles. The fraction of sp³-hybridized carbons (Fsp3) is 0.0319. The zero-order chi connectivity index (χ0) is 69.0. The van der Waals surface area contributed by atoms with Gasteiger partial charge in [-0.15, -0.1) is 0 Å². The SMILES string of the molecule is CCc1ccc2ccc3c(-c4ccccc4)cc(-c4cccc(-c5cccc(-c6nc(-c7ccccc7)nc(-c7ccccc7)n6)c5)c4)nc3c2n1.Cc1ccc2ccc3c(-c4ccccc4)cc(-c4cccc(-c5cccc(-c6nc(-c7ccccc7)cc(-c7ccccc7)n6)c5)c4)nc3c2n1. The maximum atomic E-state index is 5.32. The summed E-state index contributed by atoms with van der Waals surface area (Å²) in [5, 5.41) is 4.35. The van der Waals surface area contributed by atoms with Crippen LogP contribution in [0.15, 0.2) is 346 Å². The Morgan fingerprint density at radius 2 is 0.515 bits per heavy atom. The summed E-state index contributed by atoms with van der Waals surface area (Å²) in [7, 11) is 0. The molecule has 103 heavy (non-hydrogen) atoms. The van der Waals surface area contributed by atoms with E-state index in [0.29, 0.717) is 23.3 Å². The van der Waals surface area contributed by atoms with E-state index >= 15 is 0 Å². The average Bonchev–Trinajstić information content (AvgIpc) is 0.758. The number of pyridine rings is 4. The Morgan fingerprint density at radius 3 is 0.932 bits per heavy atom. The number of aromatic nitrogens is 9. The molecular weight excluding hydrogens is 1260 g/mol. The lowest BCUT2D eigenvalue weighted by molar-refractivity contribution is 1.06. The summed E-state index contributed by atoms with van der Waals surface area (Å²) in [6.45, 7) is 4.17. The molecule has 18 rings (SSSR count). The van der Waals surface area contributed by atoms with Gasteiger partial charge >= 0.3 is 0 Å². The summed E-state index contributed by atoms with van der Waals surface area (Å²) in [6, 6.07) is 120. The Bertz CT molecular complexity index is 6040. The van der Waals surface area contributed by atoms with E-state index in [1.54, 1.807) is 0 Å². The van der Waals surface area contributed by atoms with Gasteiger partial charge in [-0.25, -0.2) is 34.9 Å². The van der Waals surface area contributed by atoms with Crippen LogP contribution in [-0.4, -0.2) is 44.9 Å².